The Hall–Kier alpha value is -2.14. The summed E-state index contributed by atoms with van der Waals surface area (Å²) in [6.45, 7) is -0.165. The number of H-pyrrole nitrogens is 1. The molecule has 1 aromatic heterocycles. The third-order valence-electron chi connectivity index (χ3n) is 4.24. The summed E-state index contributed by atoms with van der Waals surface area (Å²) in [4.78, 5) is 43.8. The Morgan fingerprint density at radius 1 is 1.40 bits per heavy atom. The third-order valence-corrected chi connectivity index (χ3v) is 4.24. The van der Waals surface area contributed by atoms with Gasteiger partial charge in [-0.05, 0) is 26.4 Å². The van der Waals surface area contributed by atoms with Crippen LogP contribution in [0.3, 0.4) is 0 Å². The van der Waals surface area contributed by atoms with Gasteiger partial charge in [-0.2, -0.15) is 0 Å². The molecular formula is C15H26N6O4. The molecule has 1 rings (SSSR count). The lowest BCUT2D eigenvalue weighted by Crippen LogP contribution is -2.67. The summed E-state index contributed by atoms with van der Waals surface area (Å²) in [6, 6.07) is -0.910. The van der Waals surface area contributed by atoms with E-state index in [0.717, 1.165) is 0 Å². The molecule has 10 heteroatoms. The molecule has 1 heterocycles. The van der Waals surface area contributed by atoms with Gasteiger partial charge in [-0.3, -0.25) is 9.59 Å². The lowest BCUT2D eigenvalue weighted by atomic mass is 9.73. The van der Waals surface area contributed by atoms with Crippen molar-refractivity contribution in [3.63, 3.8) is 0 Å². The van der Waals surface area contributed by atoms with Crippen LogP contribution in [0.1, 0.15) is 18.5 Å². The number of carbonyl (C=O) groups excluding carboxylic acids is 2. The molecule has 25 heavy (non-hydrogen) atoms. The number of aliphatic carboxylic acids is 1. The molecule has 3 atom stereocenters. The quantitative estimate of drug-likeness (QED) is 0.226. The van der Waals surface area contributed by atoms with Crippen LogP contribution in [-0.2, 0) is 20.8 Å². The summed E-state index contributed by atoms with van der Waals surface area (Å²) in [5.74, 6) is -4.18. The van der Waals surface area contributed by atoms with Crippen LogP contribution in [0.25, 0.3) is 0 Å². The monoisotopic (exact) mass is 354 g/mol. The first kappa shape index (κ1) is 20.9. The fraction of sp³-hybridized carbons (Fsp3) is 0.600. The molecule has 0 amide bonds. The first-order valence-electron chi connectivity index (χ1n) is 7.96. The number of aromatic amines is 1. The standard InChI is InChI=1S/C15H26N6O4/c1-19-11(5-9-7-20-8-21-9)13(23)15(18,14(24)25)10(3-2-4-16)12(22)6-17/h7-8,10-11,19H,2-6,16-18H2,1H3,(H,20,21)(H,24,25). The number of rotatable bonds is 12. The largest absolute Gasteiger partial charge is 0.480 e. The van der Waals surface area contributed by atoms with Gasteiger partial charge in [0.15, 0.2) is 17.1 Å². The smallest absolute Gasteiger partial charge is 0.332 e. The summed E-state index contributed by atoms with van der Waals surface area (Å²) in [5.41, 5.74) is 15.1. The second kappa shape index (κ2) is 9.37. The number of likely N-dealkylation sites (N-methyl/N-ethyl adjacent to an activating group) is 1. The molecule has 0 aromatic carbocycles. The second-order valence-corrected chi connectivity index (χ2v) is 5.81. The molecule has 140 valence electrons. The van der Waals surface area contributed by atoms with Gasteiger partial charge in [0.1, 0.15) is 0 Å². The molecule has 0 radical (unpaired) electrons. The number of aromatic nitrogens is 2. The van der Waals surface area contributed by atoms with Gasteiger partial charge in [-0.25, -0.2) is 9.78 Å². The average molecular weight is 354 g/mol. The third kappa shape index (κ3) is 4.69. The second-order valence-electron chi connectivity index (χ2n) is 5.81. The average Bonchev–Trinajstić information content (AvgIpc) is 3.11. The lowest BCUT2D eigenvalue weighted by molar-refractivity contribution is -0.155. The van der Waals surface area contributed by atoms with Gasteiger partial charge in [0.2, 0.25) is 0 Å². The number of nitrogens with zero attached hydrogens (tertiary/aromatic N) is 1. The van der Waals surface area contributed by atoms with Crippen LogP contribution in [0.4, 0.5) is 0 Å². The predicted octanol–water partition coefficient (Wildman–Crippen LogP) is -2.23. The molecule has 0 aliphatic heterocycles. The maximum atomic E-state index is 13.0. The molecule has 10 nitrogen and oxygen atoms in total. The Morgan fingerprint density at radius 2 is 2.08 bits per heavy atom. The predicted molar refractivity (Wildman–Crippen MR) is 90.5 cm³/mol. The Morgan fingerprint density at radius 3 is 2.52 bits per heavy atom. The van der Waals surface area contributed by atoms with E-state index in [1.807, 2.05) is 0 Å². The van der Waals surface area contributed by atoms with E-state index in [1.54, 1.807) is 0 Å². The zero-order chi connectivity index (χ0) is 19.0. The highest BCUT2D eigenvalue weighted by atomic mass is 16.4. The van der Waals surface area contributed by atoms with Crippen molar-refractivity contribution in [2.24, 2.45) is 23.1 Å². The van der Waals surface area contributed by atoms with Crippen molar-refractivity contribution in [3.8, 4) is 0 Å². The van der Waals surface area contributed by atoms with E-state index in [2.05, 4.69) is 15.3 Å². The molecular weight excluding hydrogens is 328 g/mol. The van der Waals surface area contributed by atoms with E-state index in [-0.39, 0.29) is 19.4 Å². The lowest BCUT2D eigenvalue weighted by Gasteiger charge is -2.34. The van der Waals surface area contributed by atoms with E-state index < -0.39 is 41.6 Å². The first-order valence-corrected chi connectivity index (χ1v) is 7.96. The molecule has 0 aliphatic rings. The van der Waals surface area contributed by atoms with Crippen molar-refractivity contribution >= 4 is 17.5 Å². The number of nitrogens with one attached hydrogen (secondary N) is 2. The zero-order valence-electron chi connectivity index (χ0n) is 14.2. The molecule has 9 N–H and O–H groups in total. The van der Waals surface area contributed by atoms with Crippen molar-refractivity contribution in [3.05, 3.63) is 18.2 Å². The molecule has 1 aromatic rings. The van der Waals surface area contributed by atoms with Gasteiger partial charge >= 0.3 is 5.97 Å². The summed E-state index contributed by atoms with van der Waals surface area (Å²) in [5, 5.41) is 12.4. The topological polar surface area (TPSA) is 190 Å². The highest BCUT2D eigenvalue weighted by molar-refractivity contribution is 6.13. The number of carboxylic acids is 1. The van der Waals surface area contributed by atoms with E-state index in [4.69, 9.17) is 17.2 Å². The van der Waals surface area contributed by atoms with Crippen LogP contribution in [-0.4, -0.2) is 64.3 Å². The minimum atomic E-state index is -2.39. The minimum Gasteiger partial charge on any atom is -0.480 e. The number of imidazole rings is 1. The molecule has 0 saturated heterocycles. The Balaban J connectivity index is 3.20. The first-order chi connectivity index (χ1) is 11.8. The normalized spacial score (nSPS) is 16.0. The van der Waals surface area contributed by atoms with Crippen molar-refractivity contribution in [1.82, 2.24) is 15.3 Å². The highest BCUT2D eigenvalue weighted by Gasteiger charge is 2.53. The number of nitrogens with two attached hydrogens (primary N) is 3. The van der Waals surface area contributed by atoms with Gasteiger partial charge in [-0.15, -0.1) is 0 Å². The summed E-state index contributed by atoms with van der Waals surface area (Å²) < 4.78 is 0. The van der Waals surface area contributed by atoms with E-state index in [1.165, 1.54) is 19.6 Å². The van der Waals surface area contributed by atoms with Gasteiger partial charge in [0.25, 0.3) is 0 Å². The fourth-order valence-corrected chi connectivity index (χ4v) is 2.76. The summed E-state index contributed by atoms with van der Waals surface area (Å²) in [6.07, 6.45) is 3.54. The molecule has 0 saturated carbocycles. The number of ketones is 2. The van der Waals surface area contributed by atoms with Crippen LogP contribution < -0.4 is 22.5 Å². The van der Waals surface area contributed by atoms with Crippen molar-refractivity contribution < 1.29 is 19.5 Å². The van der Waals surface area contributed by atoms with Gasteiger partial charge in [0.05, 0.1) is 24.8 Å². The van der Waals surface area contributed by atoms with Gasteiger partial charge in [-0.1, -0.05) is 0 Å². The SMILES string of the molecule is CNC(Cc1cnc[nH]1)C(=O)C(N)(C(=O)O)C(CCCN)C(=O)CN. The van der Waals surface area contributed by atoms with Crippen LogP contribution >= 0.6 is 0 Å². The number of carbonyl (C=O) groups is 3. The molecule has 0 aliphatic carbocycles. The van der Waals surface area contributed by atoms with E-state index in [9.17, 15) is 19.5 Å². The van der Waals surface area contributed by atoms with E-state index in [0.29, 0.717) is 12.1 Å². The number of hydrogen-bond donors (Lipinski definition) is 6. The van der Waals surface area contributed by atoms with Crippen molar-refractivity contribution in [1.29, 1.82) is 0 Å². The molecule has 0 spiro atoms. The van der Waals surface area contributed by atoms with E-state index >= 15 is 0 Å². The molecule has 0 bridgehead atoms. The van der Waals surface area contributed by atoms with Gasteiger partial charge in [0, 0.05) is 18.3 Å². The molecule has 3 unspecified atom stereocenters. The Kier molecular flexibility index (Phi) is 7.84. The maximum absolute atomic E-state index is 13.0. The summed E-state index contributed by atoms with van der Waals surface area (Å²) in [7, 11) is 1.51. The van der Waals surface area contributed by atoms with Crippen LogP contribution in [0.15, 0.2) is 12.5 Å². The number of Topliss-reactive ketones (excluding diaryl/α,β-unsaturated/α-hetero) is 2. The van der Waals surface area contributed by atoms with Crippen LogP contribution in [0.2, 0.25) is 0 Å². The van der Waals surface area contributed by atoms with Crippen molar-refractivity contribution in [2.75, 3.05) is 20.1 Å². The van der Waals surface area contributed by atoms with Crippen LogP contribution in [0, 0.1) is 5.92 Å². The number of carboxylic acid groups (broad SMARTS) is 1. The minimum absolute atomic E-state index is 0.0710. The Bertz CT molecular complexity index is 591. The van der Waals surface area contributed by atoms with Crippen LogP contribution in [0.5, 0.6) is 0 Å². The maximum Gasteiger partial charge on any atom is 0.332 e. The van der Waals surface area contributed by atoms with Gasteiger partial charge < -0.3 is 32.6 Å². The zero-order valence-corrected chi connectivity index (χ0v) is 14.2. The summed E-state index contributed by atoms with van der Waals surface area (Å²) >= 11 is 0. The molecule has 0 fully saturated rings. The number of hydrogen-bond acceptors (Lipinski definition) is 8. The Labute approximate surface area is 145 Å². The van der Waals surface area contributed by atoms with Crippen molar-refractivity contribution in [2.45, 2.75) is 30.8 Å². The highest BCUT2D eigenvalue weighted by Crippen LogP contribution is 2.25. The fourth-order valence-electron chi connectivity index (χ4n) is 2.76.